The number of hydrogen-bond acceptors (Lipinski definition) is 3. The fraction of sp³-hybridized carbons (Fsp3) is 0.868. The first kappa shape index (κ1) is 43.1. The third-order valence-corrected chi connectivity index (χ3v) is 9.72. The van der Waals surface area contributed by atoms with E-state index in [4.69, 9.17) is 0 Å². The van der Waals surface area contributed by atoms with Gasteiger partial charge in [-0.3, -0.25) is 14.4 Å². The zero-order chi connectivity index (χ0) is 33.8. The quantitative estimate of drug-likeness (QED) is 0.0375. The van der Waals surface area contributed by atoms with E-state index in [9.17, 15) is 29.7 Å². The van der Waals surface area contributed by atoms with Crippen molar-refractivity contribution in [3.05, 3.63) is 12.2 Å². The molecule has 3 atom stereocenters. The predicted octanol–water partition coefficient (Wildman–Crippen LogP) is 10.1. The Morgan fingerprint density at radius 1 is 0.467 bits per heavy atom. The number of aliphatic carboxylic acids is 3. The van der Waals surface area contributed by atoms with Crippen LogP contribution in [0, 0.1) is 17.8 Å². The van der Waals surface area contributed by atoms with Gasteiger partial charge in [-0.25, -0.2) is 0 Å². The normalized spacial score (nSPS) is 15.1. The second-order valence-electron chi connectivity index (χ2n) is 13.6. The molecule has 264 valence electrons. The number of nitrogens with zero attached hydrogens (tertiary/aromatic N) is 1. The molecule has 0 aliphatic rings. The van der Waals surface area contributed by atoms with Gasteiger partial charge < -0.3 is 19.8 Å². The molecule has 0 aromatic heterocycles. The lowest BCUT2D eigenvalue weighted by molar-refractivity contribution is -0.935. The van der Waals surface area contributed by atoms with E-state index in [1.165, 1.54) is 103 Å². The van der Waals surface area contributed by atoms with Crippen molar-refractivity contribution >= 4 is 17.9 Å². The number of carboxylic acids is 3. The van der Waals surface area contributed by atoms with E-state index < -0.39 is 35.7 Å². The molecule has 0 aliphatic carbocycles. The Hall–Kier alpha value is -1.89. The summed E-state index contributed by atoms with van der Waals surface area (Å²) in [6.45, 7) is 9.24. The molecule has 0 fully saturated rings. The molecule has 0 heterocycles. The van der Waals surface area contributed by atoms with Gasteiger partial charge in [-0.05, 0) is 51.4 Å². The monoisotopic (exact) mass is 639 g/mol. The average molecular weight is 639 g/mol. The van der Waals surface area contributed by atoms with E-state index in [-0.39, 0.29) is 24.1 Å². The van der Waals surface area contributed by atoms with Crippen LogP contribution < -0.4 is 0 Å². The van der Waals surface area contributed by atoms with Crippen molar-refractivity contribution < 1.29 is 34.2 Å². The smallest absolute Gasteiger partial charge is 0.312 e. The van der Waals surface area contributed by atoms with Crippen LogP contribution in [0.3, 0.4) is 0 Å². The predicted molar refractivity (Wildman–Crippen MR) is 187 cm³/mol. The Labute approximate surface area is 276 Å². The fourth-order valence-corrected chi connectivity index (χ4v) is 6.63. The molecule has 0 rings (SSSR count). The average Bonchev–Trinajstić information content (AvgIpc) is 3.01. The fourth-order valence-electron chi connectivity index (χ4n) is 6.63. The van der Waals surface area contributed by atoms with Gasteiger partial charge in [0.05, 0.1) is 26.2 Å². The molecule has 7 nitrogen and oxygen atoms in total. The first-order valence-electron chi connectivity index (χ1n) is 18.8. The van der Waals surface area contributed by atoms with Crippen molar-refractivity contribution in [2.75, 3.05) is 26.2 Å². The number of hydrogen-bond donors (Lipinski definition) is 3. The minimum Gasteiger partial charge on any atom is -0.481 e. The van der Waals surface area contributed by atoms with Crippen molar-refractivity contribution in [3.63, 3.8) is 0 Å². The summed E-state index contributed by atoms with van der Waals surface area (Å²) in [5.41, 5.74) is 0. The Kier molecular flexibility index (Phi) is 27.2. The third kappa shape index (κ3) is 22.3. The van der Waals surface area contributed by atoms with E-state index in [1.54, 1.807) is 0 Å². The molecule has 0 radical (unpaired) electrons. The Balaban J connectivity index is 4.47. The maximum atomic E-state index is 12.0. The van der Waals surface area contributed by atoms with Crippen molar-refractivity contribution in [1.29, 1.82) is 0 Å². The first-order chi connectivity index (χ1) is 21.7. The number of allylic oxidation sites excluding steroid dienone is 2. The van der Waals surface area contributed by atoms with Crippen LogP contribution in [-0.2, 0) is 14.4 Å². The first-order valence-corrected chi connectivity index (χ1v) is 18.8. The number of carboxylic acid groups (broad SMARTS) is 3. The molecule has 0 amide bonds. The zero-order valence-corrected chi connectivity index (χ0v) is 29.8. The van der Waals surface area contributed by atoms with E-state index in [0.717, 1.165) is 19.3 Å². The van der Waals surface area contributed by atoms with Gasteiger partial charge in [0.25, 0.3) is 0 Å². The lowest BCUT2D eigenvalue weighted by atomic mass is 9.95. The number of unbranched alkanes of at least 4 members (excludes halogenated alkanes) is 17. The Morgan fingerprint density at radius 2 is 0.756 bits per heavy atom. The summed E-state index contributed by atoms with van der Waals surface area (Å²) in [4.78, 5) is 36.0. The van der Waals surface area contributed by atoms with Crippen molar-refractivity contribution in [2.45, 2.75) is 169 Å². The molecule has 3 N–H and O–H groups in total. The molecule has 3 unspecified atom stereocenters. The van der Waals surface area contributed by atoms with E-state index in [0.29, 0.717) is 25.8 Å². The van der Waals surface area contributed by atoms with Crippen LogP contribution in [0.25, 0.3) is 0 Å². The van der Waals surface area contributed by atoms with Gasteiger partial charge in [0.2, 0.25) is 0 Å². The summed E-state index contributed by atoms with van der Waals surface area (Å²) in [6.07, 6.45) is 30.0. The molecule has 0 bridgehead atoms. The van der Waals surface area contributed by atoms with E-state index in [2.05, 4.69) is 19.1 Å². The maximum Gasteiger partial charge on any atom is 0.312 e. The van der Waals surface area contributed by atoms with Crippen LogP contribution in [0.2, 0.25) is 0 Å². The summed E-state index contributed by atoms with van der Waals surface area (Å²) in [5, 5.41) is 29.5. The molecular formula is C38H72NO6+. The highest BCUT2D eigenvalue weighted by molar-refractivity contribution is 5.71. The molecule has 0 spiro atoms. The number of rotatable bonds is 33. The van der Waals surface area contributed by atoms with Crippen LogP contribution in [0.5, 0.6) is 0 Å². The van der Waals surface area contributed by atoms with Gasteiger partial charge >= 0.3 is 17.9 Å². The Morgan fingerprint density at radius 3 is 1.04 bits per heavy atom. The molecule has 0 saturated heterocycles. The standard InChI is InChI=1S/C38H71NO6/c1-5-9-10-11-12-13-14-15-16-17-18-19-20-21-22-23-24-25-26-27-28-29-39(30-33(6-2)36(40)41,31-34(7-3)37(42)43)32-35(8-4)38(44)45/h10-11,33-35H,5-9,12-32H2,1-4H3,(H2-,40,41,42,43,44,45)/p+1/b11-10+. The summed E-state index contributed by atoms with van der Waals surface area (Å²) >= 11 is 0. The Bertz CT molecular complexity index is 722. The van der Waals surface area contributed by atoms with Gasteiger partial charge in [-0.2, -0.15) is 0 Å². The third-order valence-electron chi connectivity index (χ3n) is 9.72. The van der Waals surface area contributed by atoms with Crippen LogP contribution in [0.1, 0.15) is 169 Å². The molecular weight excluding hydrogens is 566 g/mol. The molecule has 0 aromatic carbocycles. The highest BCUT2D eigenvalue weighted by atomic mass is 16.4. The zero-order valence-electron chi connectivity index (χ0n) is 29.8. The molecule has 7 heteroatoms. The number of carbonyl (C=O) groups is 3. The summed E-state index contributed by atoms with van der Waals surface area (Å²) in [5.74, 6) is -4.50. The summed E-state index contributed by atoms with van der Waals surface area (Å²) in [7, 11) is 0. The van der Waals surface area contributed by atoms with Gasteiger partial charge in [-0.1, -0.05) is 130 Å². The lowest BCUT2D eigenvalue weighted by Gasteiger charge is -2.43. The highest BCUT2D eigenvalue weighted by Gasteiger charge is 2.40. The van der Waals surface area contributed by atoms with Gasteiger partial charge in [0.1, 0.15) is 17.8 Å². The van der Waals surface area contributed by atoms with Gasteiger partial charge in [-0.15, -0.1) is 0 Å². The van der Waals surface area contributed by atoms with E-state index >= 15 is 0 Å². The van der Waals surface area contributed by atoms with E-state index in [1.807, 2.05) is 20.8 Å². The molecule has 45 heavy (non-hydrogen) atoms. The SMILES string of the molecule is CCC/C=C/CCCCCCCCCCCCCCCCCC[N+](CC(CC)C(=O)O)(CC(CC)C(=O)O)CC(CC)C(=O)O. The van der Waals surface area contributed by atoms with Crippen LogP contribution in [0.15, 0.2) is 12.2 Å². The largest absolute Gasteiger partial charge is 0.481 e. The van der Waals surface area contributed by atoms with Crippen LogP contribution >= 0.6 is 0 Å². The topological polar surface area (TPSA) is 112 Å². The lowest BCUT2D eigenvalue weighted by Crippen LogP contribution is -2.58. The summed E-state index contributed by atoms with van der Waals surface area (Å²) in [6, 6.07) is 0. The second-order valence-corrected chi connectivity index (χ2v) is 13.6. The second kappa shape index (κ2) is 28.3. The number of quaternary nitrogens is 1. The van der Waals surface area contributed by atoms with Crippen molar-refractivity contribution in [3.8, 4) is 0 Å². The van der Waals surface area contributed by atoms with Crippen molar-refractivity contribution in [2.24, 2.45) is 17.8 Å². The maximum absolute atomic E-state index is 12.0. The van der Waals surface area contributed by atoms with Crippen LogP contribution in [-0.4, -0.2) is 63.9 Å². The minimum absolute atomic E-state index is 0.261. The summed E-state index contributed by atoms with van der Waals surface area (Å²) < 4.78 is 0.261. The molecule has 0 saturated carbocycles. The molecule has 0 aliphatic heterocycles. The van der Waals surface area contributed by atoms with Gasteiger partial charge in [0.15, 0.2) is 0 Å². The van der Waals surface area contributed by atoms with Gasteiger partial charge in [0, 0.05) is 0 Å². The highest BCUT2D eigenvalue weighted by Crippen LogP contribution is 2.25. The minimum atomic E-state index is -0.886. The van der Waals surface area contributed by atoms with Crippen molar-refractivity contribution in [1.82, 2.24) is 0 Å². The molecule has 0 aromatic rings. The van der Waals surface area contributed by atoms with Crippen LogP contribution in [0.4, 0.5) is 0 Å².